The number of hydrogen-bond acceptors (Lipinski definition) is 2. The van der Waals surface area contributed by atoms with Crippen LogP contribution in [-0.4, -0.2) is 4.89 Å². The molecule has 6 heteroatoms. The average molecular weight is 265 g/mol. The van der Waals surface area contributed by atoms with Gasteiger partial charge >= 0.3 is 0 Å². The van der Waals surface area contributed by atoms with E-state index in [9.17, 15) is 9.46 Å². The first-order valence-electron chi connectivity index (χ1n) is 5.42. The summed E-state index contributed by atoms with van der Waals surface area (Å²) >= 11 is 0. The van der Waals surface area contributed by atoms with Crippen LogP contribution in [0.4, 0.5) is 0 Å². The molecule has 0 aliphatic rings. The zero-order valence-corrected chi connectivity index (χ0v) is 10.8. The van der Waals surface area contributed by atoms with Gasteiger partial charge in [0.2, 0.25) is 6.29 Å². The third-order valence-corrected chi connectivity index (χ3v) is 3.23. The number of aromatic nitrogens is 2. The van der Waals surface area contributed by atoms with E-state index in [1.165, 1.54) is 4.57 Å². The van der Waals surface area contributed by atoms with Gasteiger partial charge in [-0.05, 0) is 11.1 Å². The van der Waals surface area contributed by atoms with Crippen molar-refractivity contribution in [1.29, 1.82) is 0 Å². The van der Waals surface area contributed by atoms with Gasteiger partial charge in [-0.3, -0.25) is 0 Å². The van der Waals surface area contributed by atoms with Crippen molar-refractivity contribution in [2.24, 2.45) is 7.05 Å². The van der Waals surface area contributed by atoms with Gasteiger partial charge in [-0.15, -0.1) is 0 Å². The molecule has 0 saturated heterocycles. The smallest absolute Gasteiger partial charge is 0.210 e. The second-order valence-corrected chi connectivity index (χ2v) is 5.69. The number of nitrogens with zero attached hydrogens (tertiary/aromatic N) is 2. The van der Waals surface area contributed by atoms with Gasteiger partial charge in [0.15, 0.2) is 32.4 Å². The Bertz CT molecular complexity index is 575. The summed E-state index contributed by atoms with van der Waals surface area (Å²) in [4.78, 5) is 19.5. The number of aryl methyl sites for hydroxylation is 1. The van der Waals surface area contributed by atoms with Crippen molar-refractivity contribution in [2.45, 2.75) is 6.29 Å². The molecule has 0 saturated carbocycles. The maximum absolute atomic E-state index is 10.8. The molecule has 0 aliphatic carbocycles. The van der Waals surface area contributed by atoms with Gasteiger partial charge in [-0.2, -0.15) is 4.57 Å². The summed E-state index contributed by atoms with van der Waals surface area (Å²) in [5.41, 5.74) is 2.04. The second kappa shape index (κ2) is 4.98. The maximum Gasteiger partial charge on any atom is 0.210 e. The number of hydrogen-bond donors (Lipinski definition) is 1. The summed E-state index contributed by atoms with van der Waals surface area (Å²) in [5.74, 6) is 0. The van der Waals surface area contributed by atoms with Gasteiger partial charge in [-0.25, -0.2) is 4.57 Å². The number of pyridine rings is 2. The molecule has 0 amide bonds. The van der Waals surface area contributed by atoms with Gasteiger partial charge in [0.1, 0.15) is 7.05 Å². The van der Waals surface area contributed by atoms with Crippen LogP contribution >= 0.6 is 7.60 Å². The fourth-order valence-electron chi connectivity index (χ4n) is 1.64. The highest BCUT2D eigenvalue weighted by molar-refractivity contribution is 7.48. The summed E-state index contributed by atoms with van der Waals surface area (Å²) < 4.78 is 14.1. The minimum Gasteiger partial charge on any atom is -0.774 e. The van der Waals surface area contributed by atoms with E-state index in [1.54, 1.807) is 12.4 Å². The SMILES string of the molecule is C[n+]1ccc(-c2cc[n+](CP(=O)([O-])O)cc2)cc1. The highest BCUT2D eigenvalue weighted by Gasteiger charge is 2.10. The molecular formula is C12H14N2O3P+. The van der Waals surface area contributed by atoms with Crippen LogP contribution in [-0.2, 0) is 17.9 Å². The Morgan fingerprint density at radius 2 is 1.56 bits per heavy atom. The van der Waals surface area contributed by atoms with Gasteiger partial charge in [0.25, 0.3) is 0 Å². The molecule has 0 spiro atoms. The van der Waals surface area contributed by atoms with Gasteiger partial charge in [-0.1, -0.05) is 0 Å². The van der Waals surface area contributed by atoms with Crippen LogP contribution in [0.25, 0.3) is 11.1 Å². The fraction of sp³-hybridized carbons (Fsp3) is 0.167. The normalized spacial score (nSPS) is 14.2. The van der Waals surface area contributed by atoms with Crippen LogP contribution in [0.3, 0.4) is 0 Å². The van der Waals surface area contributed by atoms with Gasteiger partial charge < -0.3 is 14.4 Å². The minimum absolute atomic E-state index is 0.406. The van der Waals surface area contributed by atoms with Gasteiger partial charge in [0.05, 0.1) is 0 Å². The van der Waals surface area contributed by atoms with E-state index in [-0.39, 0.29) is 0 Å². The second-order valence-electron chi connectivity index (χ2n) is 4.13. The molecule has 1 unspecified atom stereocenters. The van der Waals surface area contributed by atoms with Crippen molar-refractivity contribution in [3.63, 3.8) is 0 Å². The molecule has 0 radical (unpaired) electrons. The number of rotatable bonds is 3. The summed E-state index contributed by atoms with van der Waals surface area (Å²) in [5, 5.41) is 0. The molecule has 2 aromatic heterocycles. The molecule has 94 valence electrons. The Morgan fingerprint density at radius 3 is 2.00 bits per heavy atom. The first-order chi connectivity index (χ1) is 8.44. The molecule has 0 bridgehead atoms. The van der Waals surface area contributed by atoms with Crippen LogP contribution in [0.2, 0.25) is 0 Å². The van der Waals surface area contributed by atoms with Crippen LogP contribution < -0.4 is 14.0 Å². The summed E-state index contributed by atoms with van der Waals surface area (Å²) in [7, 11) is -2.33. The Hall–Kier alpha value is -1.55. The highest BCUT2D eigenvalue weighted by Crippen LogP contribution is 2.28. The molecule has 2 aromatic rings. The lowest BCUT2D eigenvalue weighted by atomic mass is 10.1. The van der Waals surface area contributed by atoms with Crippen LogP contribution in [0.1, 0.15) is 0 Å². The Balaban J connectivity index is 2.22. The molecule has 0 fully saturated rings. The molecule has 0 aromatic carbocycles. The quantitative estimate of drug-likeness (QED) is 0.626. The van der Waals surface area contributed by atoms with Crippen LogP contribution in [0.15, 0.2) is 49.1 Å². The predicted molar refractivity (Wildman–Crippen MR) is 63.1 cm³/mol. The van der Waals surface area contributed by atoms with E-state index in [0.29, 0.717) is 0 Å². The lowest BCUT2D eigenvalue weighted by Gasteiger charge is -2.10. The van der Waals surface area contributed by atoms with E-state index in [1.807, 2.05) is 48.3 Å². The summed E-state index contributed by atoms with van der Waals surface area (Å²) in [6.45, 7) is 0. The summed E-state index contributed by atoms with van der Waals surface area (Å²) in [6.07, 6.45) is 6.73. The lowest BCUT2D eigenvalue weighted by Crippen LogP contribution is -2.34. The zero-order chi connectivity index (χ0) is 13.2. The largest absolute Gasteiger partial charge is 0.774 e. The van der Waals surface area contributed by atoms with E-state index in [2.05, 4.69) is 0 Å². The Morgan fingerprint density at radius 1 is 1.11 bits per heavy atom. The Kier molecular flexibility index (Phi) is 3.57. The standard InChI is InChI=1S/C12H13N2O3P/c1-13-6-2-11(3-7-13)12-4-8-14(9-5-12)10-18(15,16)17/h2-9H,10H2,1H3/p+1. The van der Waals surface area contributed by atoms with Crippen molar-refractivity contribution in [3.05, 3.63) is 49.1 Å². The maximum atomic E-state index is 10.8. The zero-order valence-electron chi connectivity index (χ0n) is 9.93. The van der Waals surface area contributed by atoms with Crippen molar-refractivity contribution in [3.8, 4) is 11.1 Å². The van der Waals surface area contributed by atoms with Crippen molar-refractivity contribution >= 4 is 7.60 Å². The third kappa shape index (κ3) is 3.47. The van der Waals surface area contributed by atoms with Crippen molar-refractivity contribution < 1.29 is 23.5 Å². The monoisotopic (exact) mass is 265 g/mol. The van der Waals surface area contributed by atoms with E-state index >= 15 is 0 Å². The minimum atomic E-state index is -4.27. The van der Waals surface area contributed by atoms with Crippen LogP contribution in [0.5, 0.6) is 0 Å². The molecule has 18 heavy (non-hydrogen) atoms. The van der Waals surface area contributed by atoms with Crippen molar-refractivity contribution in [1.82, 2.24) is 0 Å². The lowest BCUT2D eigenvalue weighted by molar-refractivity contribution is -0.682. The van der Waals surface area contributed by atoms with E-state index < -0.39 is 13.9 Å². The average Bonchev–Trinajstić information content (AvgIpc) is 2.29. The van der Waals surface area contributed by atoms with E-state index in [4.69, 9.17) is 4.89 Å². The molecule has 0 aliphatic heterocycles. The molecule has 5 nitrogen and oxygen atoms in total. The molecular weight excluding hydrogens is 251 g/mol. The van der Waals surface area contributed by atoms with Gasteiger partial charge in [0, 0.05) is 24.3 Å². The first-order valence-corrected chi connectivity index (χ1v) is 7.18. The third-order valence-electron chi connectivity index (χ3n) is 2.54. The molecule has 1 atom stereocenters. The highest BCUT2D eigenvalue weighted by atomic mass is 31.2. The van der Waals surface area contributed by atoms with Crippen molar-refractivity contribution in [2.75, 3.05) is 0 Å². The first kappa shape index (κ1) is 12.9. The predicted octanol–water partition coefficient (Wildman–Crippen LogP) is -0.0312. The molecule has 2 rings (SSSR count). The van der Waals surface area contributed by atoms with E-state index in [0.717, 1.165) is 11.1 Å². The molecule has 1 N–H and O–H groups in total. The summed E-state index contributed by atoms with van der Waals surface area (Å²) in [6, 6.07) is 7.57. The molecule has 2 heterocycles. The Labute approximate surface area is 105 Å². The topological polar surface area (TPSA) is 68.1 Å². The van der Waals surface area contributed by atoms with Crippen LogP contribution in [0, 0.1) is 0 Å². The fourth-order valence-corrected chi connectivity index (χ4v) is 2.25.